The van der Waals surface area contributed by atoms with E-state index in [9.17, 15) is 4.79 Å². The molecule has 0 amide bonds. The third-order valence-corrected chi connectivity index (χ3v) is 4.89. The van der Waals surface area contributed by atoms with Crippen LogP contribution in [-0.2, 0) is 4.79 Å². The molecule has 0 spiro atoms. The highest BCUT2D eigenvalue weighted by atomic mass is 16.4. The fourth-order valence-electron chi connectivity index (χ4n) is 3.65. The van der Waals surface area contributed by atoms with Gasteiger partial charge in [-0.3, -0.25) is 4.79 Å². The molecule has 0 aliphatic heterocycles. The zero-order chi connectivity index (χ0) is 16.8. The number of nitrogens with zero attached hydrogens (tertiary/aromatic N) is 1. The highest BCUT2D eigenvalue weighted by Gasteiger charge is 2.22. The summed E-state index contributed by atoms with van der Waals surface area (Å²) in [5.74, 6) is -0.784. The number of benzene rings is 1. The van der Waals surface area contributed by atoms with E-state index in [1.165, 1.54) is 32.1 Å². The standard InChI is InChI=1S/C19H30N2O2/c1-3-11-21(16-7-5-4-6-8-16)18-10-9-15(13-17(18)20)14(2)12-19(22)23/h9-10,13-14,16H,3-8,11-12,20H2,1-2H3,(H,22,23). The summed E-state index contributed by atoms with van der Waals surface area (Å²) >= 11 is 0. The smallest absolute Gasteiger partial charge is 0.303 e. The molecule has 1 unspecified atom stereocenters. The summed E-state index contributed by atoms with van der Waals surface area (Å²) in [4.78, 5) is 13.4. The van der Waals surface area contributed by atoms with Gasteiger partial charge < -0.3 is 15.7 Å². The van der Waals surface area contributed by atoms with Crippen LogP contribution in [0.4, 0.5) is 11.4 Å². The summed E-state index contributed by atoms with van der Waals surface area (Å²) in [5, 5.41) is 8.96. The van der Waals surface area contributed by atoms with Crippen LogP contribution in [0.2, 0.25) is 0 Å². The van der Waals surface area contributed by atoms with Crippen molar-refractivity contribution in [2.75, 3.05) is 17.2 Å². The Balaban J connectivity index is 2.20. The average Bonchev–Trinajstić information content (AvgIpc) is 2.53. The number of anilines is 2. The molecule has 1 aliphatic carbocycles. The maximum atomic E-state index is 10.9. The minimum atomic E-state index is -0.769. The number of aliphatic carboxylic acids is 1. The summed E-state index contributed by atoms with van der Waals surface area (Å²) in [7, 11) is 0. The summed E-state index contributed by atoms with van der Waals surface area (Å²) in [6.45, 7) is 5.17. The van der Waals surface area contributed by atoms with Crippen LogP contribution in [-0.4, -0.2) is 23.7 Å². The van der Waals surface area contributed by atoms with Crippen molar-refractivity contribution in [3.8, 4) is 0 Å². The molecule has 0 saturated heterocycles. The SMILES string of the molecule is CCCN(c1ccc(C(C)CC(=O)O)cc1N)C1CCCCC1. The van der Waals surface area contributed by atoms with Crippen LogP contribution >= 0.6 is 0 Å². The Morgan fingerprint density at radius 3 is 2.61 bits per heavy atom. The maximum absolute atomic E-state index is 10.9. The Bertz CT molecular complexity index is 524. The summed E-state index contributed by atoms with van der Waals surface area (Å²) in [5.41, 5.74) is 9.24. The van der Waals surface area contributed by atoms with Gasteiger partial charge in [0.15, 0.2) is 0 Å². The van der Waals surface area contributed by atoms with Gasteiger partial charge in [-0.05, 0) is 42.9 Å². The van der Waals surface area contributed by atoms with Gasteiger partial charge >= 0.3 is 5.97 Å². The van der Waals surface area contributed by atoms with Crippen molar-refractivity contribution < 1.29 is 9.90 Å². The fourth-order valence-corrected chi connectivity index (χ4v) is 3.65. The lowest BCUT2D eigenvalue weighted by Crippen LogP contribution is -2.37. The number of carbonyl (C=O) groups is 1. The molecule has 4 nitrogen and oxygen atoms in total. The first-order valence-corrected chi connectivity index (χ1v) is 8.90. The van der Waals surface area contributed by atoms with E-state index in [1.54, 1.807) is 0 Å². The molecular formula is C19H30N2O2. The van der Waals surface area contributed by atoms with Gasteiger partial charge in [-0.2, -0.15) is 0 Å². The van der Waals surface area contributed by atoms with Crippen LogP contribution in [0.5, 0.6) is 0 Å². The molecule has 0 radical (unpaired) electrons. The number of hydrogen-bond donors (Lipinski definition) is 2. The topological polar surface area (TPSA) is 66.6 Å². The van der Waals surface area contributed by atoms with E-state index < -0.39 is 5.97 Å². The third-order valence-electron chi connectivity index (χ3n) is 4.89. The molecule has 128 valence electrons. The highest BCUT2D eigenvalue weighted by molar-refractivity contribution is 5.71. The van der Waals surface area contributed by atoms with Gasteiger partial charge in [0.2, 0.25) is 0 Å². The summed E-state index contributed by atoms with van der Waals surface area (Å²) in [6, 6.07) is 6.69. The molecule has 0 bridgehead atoms. The van der Waals surface area contributed by atoms with Gasteiger partial charge in [0.25, 0.3) is 0 Å². The van der Waals surface area contributed by atoms with Crippen LogP contribution in [0.15, 0.2) is 18.2 Å². The molecule has 3 N–H and O–H groups in total. The molecule has 1 saturated carbocycles. The van der Waals surface area contributed by atoms with E-state index in [2.05, 4.69) is 17.9 Å². The molecule has 1 aliphatic rings. The second-order valence-corrected chi connectivity index (χ2v) is 6.80. The number of carboxylic acid groups (broad SMARTS) is 1. The van der Waals surface area contributed by atoms with E-state index in [4.69, 9.17) is 10.8 Å². The van der Waals surface area contributed by atoms with Crippen molar-refractivity contribution in [2.45, 2.75) is 70.8 Å². The van der Waals surface area contributed by atoms with Gasteiger partial charge in [0.1, 0.15) is 0 Å². The molecule has 4 heteroatoms. The fraction of sp³-hybridized carbons (Fsp3) is 0.632. The number of hydrogen-bond acceptors (Lipinski definition) is 3. The molecule has 1 fully saturated rings. The minimum Gasteiger partial charge on any atom is -0.481 e. The quantitative estimate of drug-likeness (QED) is 0.731. The minimum absolute atomic E-state index is 0.0156. The van der Waals surface area contributed by atoms with Crippen LogP contribution in [0.25, 0.3) is 0 Å². The first-order chi connectivity index (χ1) is 11.0. The van der Waals surface area contributed by atoms with Gasteiger partial charge in [-0.1, -0.05) is 39.2 Å². The van der Waals surface area contributed by atoms with Crippen LogP contribution in [0.1, 0.15) is 70.3 Å². The number of nitrogens with two attached hydrogens (primary N) is 1. The number of nitrogen functional groups attached to an aromatic ring is 1. The molecule has 0 aromatic heterocycles. The van der Waals surface area contributed by atoms with Crippen molar-refractivity contribution >= 4 is 17.3 Å². The van der Waals surface area contributed by atoms with E-state index in [0.717, 1.165) is 29.9 Å². The molecule has 1 atom stereocenters. The van der Waals surface area contributed by atoms with Crippen molar-refractivity contribution in [1.82, 2.24) is 0 Å². The lowest BCUT2D eigenvalue weighted by atomic mass is 9.92. The normalized spacial score (nSPS) is 17.0. The monoisotopic (exact) mass is 318 g/mol. The van der Waals surface area contributed by atoms with Crippen molar-refractivity contribution in [3.63, 3.8) is 0 Å². The molecule has 1 aromatic rings. The number of carboxylic acids is 1. The van der Waals surface area contributed by atoms with E-state index in [0.29, 0.717) is 6.04 Å². The van der Waals surface area contributed by atoms with Crippen molar-refractivity contribution in [2.24, 2.45) is 0 Å². The molecule has 23 heavy (non-hydrogen) atoms. The van der Waals surface area contributed by atoms with E-state index >= 15 is 0 Å². The molecule has 2 rings (SSSR count). The van der Waals surface area contributed by atoms with Crippen molar-refractivity contribution in [3.05, 3.63) is 23.8 Å². The molecule has 0 heterocycles. The molecular weight excluding hydrogens is 288 g/mol. The van der Waals surface area contributed by atoms with E-state index in [-0.39, 0.29) is 12.3 Å². The second-order valence-electron chi connectivity index (χ2n) is 6.80. The zero-order valence-corrected chi connectivity index (χ0v) is 14.4. The predicted octanol–water partition coefficient (Wildman–Crippen LogP) is 4.40. The second kappa shape index (κ2) is 8.23. The van der Waals surface area contributed by atoms with Crippen LogP contribution in [0.3, 0.4) is 0 Å². The predicted molar refractivity (Wildman–Crippen MR) is 96.0 cm³/mol. The zero-order valence-electron chi connectivity index (χ0n) is 14.4. The van der Waals surface area contributed by atoms with Gasteiger partial charge in [-0.15, -0.1) is 0 Å². The first-order valence-electron chi connectivity index (χ1n) is 8.90. The van der Waals surface area contributed by atoms with E-state index in [1.807, 2.05) is 19.1 Å². The lowest BCUT2D eigenvalue weighted by Gasteiger charge is -2.37. The van der Waals surface area contributed by atoms with Crippen LogP contribution in [0, 0.1) is 0 Å². The van der Waals surface area contributed by atoms with Crippen LogP contribution < -0.4 is 10.6 Å². The Morgan fingerprint density at radius 1 is 1.35 bits per heavy atom. The van der Waals surface area contributed by atoms with Gasteiger partial charge in [-0.25, -0.2) is 0 Å². The summed E-state index contributed by atoms with van der Waals surface area (Å²) in [6.07, 6.45) is 7.69. The number of rotatable bonds is 7. The molecule has 1 aromatic carbocycles. The van der Waals surface area contributed by atoms with Crippen molar-refractivity contribution in [1.29, 1.82) is 0 Å². The lowest BCUT2D eigenvalue weighted by molar-refractivity contribution is -0.137. The Labute approximate surface area is 139 Å². The Morgan fingerprint density at radius 2 is 2.04 bits per heavy atom. The largest absolute Gasteiger partial charge is 0.481 e. The van der Waals surface area contributed by atoms with Gasteiger partial charge in [0.05, 0.1) is 17.8 Å². The maximum Gasteiger partial charge on any atom is 0.303 e. The third kappa shape index (κ3) is 4.63. The summed E-state index contributed by atoms with van der Waals surface area (Å²) < 4.78 is 0. The van der Waals surface area contributed by atoms with Gasteiger partial charge in [0, 0.05) is 12.6 Å². The highest BCUT2D eigenvalue weighted by Crippen LogP contribution is 2.33. The Hall–Kier alpha value is -1.71. The Kier molecular flexibility index (Phi) is 6.31. The average molecular weight is 318 g/mol. The first kappa shape index (κ1) is 17.6.